The third-order valence-electron chi connectivity index (χ3n) is 6.06. The predicted molar refractivity (Wildman–Crippen MR) is 153 cm³/mol. The van der Waals surface area contributed by atoms with Crippen molar-refractivity contribution in [3.63, 3.8) is 0 Å². The average Bonchev–Trinajstić information content (AvgIpc) is 2.87. The van der Waals surface area contributed by atoms with Gasteiger partial charge in [-0.15, -0.1) is 0 Å². The zero-order chi connectivity index (χ0) is 28.0. The van der Waals surface area contributed by atoms with Crippen LogP contribution in [0.5, 0.6) is 0 Å². The van der Waals surface area contributed by atoms with Crippen molar-refractivity contribution < 1.29 is 18.0 Å². The summed E-state index contributed by atoms with van der Waals surface area (Å²) in [6.45, 7) is 1.39. The maximum absolute atomic E-state index is 13.9. The van der Waals surface area contributed by atoms with E-state index < -0.39 is 28.5 Å². The Bertz CT molecular complexity index is 1420. The first kappa shape index (κ1) is 29.8. The summed E-state index contributed by atoms with van der Waals surface area (Å²) in [7, 11) is -2.50. The molecule has 0 saturated carbocycles. The van der Waals surface area contributed by atoms with E-state index in [4.69, 9.17) is 34.8 Å². The molecule has 3 aromatic rings. The van der Waals surface area contributed by atoms with Crippen LogP contribution in [-0.2, 0) is 32.6 Å². The first-order valence-electron chi connectivity index (χ1n) is 11.6. The lowest BCUT2D eigenvalue weighted by Crippen LogP contribution is -2.53. The molecule has 0 aromatic heterocycles. The van der Waals surface area contributed by atoms with Crippen LogP contribution in [0, 0.1) is 6.92 Å². The molecule has 0 heterocycles. The fourth-order valence-corrected chi connectivity index (χ4v) is 5.54. The molecule has 38 heavy (non-hydrogen) atoms. The Morgan fingerprint density at radius 3 is 2.13 bits per heavy atom. The lowest BCUT2D eigenvalue weighted by atomic mass is 10.0. The highest BCUT2D eigenvalue weighted by Gasteiger charge is 2.33. The Morgan fingerprint density at radius 2 is 1.53 bits per heavy atom. The van der Waals surface area contributed by atoms with Gasteiger partial charge in [0.25, 0.3) is 0 Å². The fourth-order valence-electron chi connectivity index (χ4n) is 3.99. The summed E-state index contributed by atoms with van der Waals surface area (Å²) in [5, 5.41) is 2.87. The Hall–Kier alpha value is -2.78. The van der Waals surface area contributed by atoms with E-state index in [1.54, 1.807) is 0 Å². The molecule has 1 unspecified atom stereocenters. The van der Waals surface area contributed by atoms with E-state index in [1.807, 2.05) is 61.5 Å². The van der Waals surface area contributed by atoms with E-state index in [0.717, 1.165) is 27.3 Å². The molecule has 0 saturated heterocycles. The van der Waals surface area contributed by atoms with E-state index in [9.17, 15) is 18.0 Å². The number of benzene rings is 3. The standard InChI is InChI=1S/C27H28Cl3N3O4S/c1-18-9-7-8-12-20(18)16-32(25(27(35)31-2)13-19-10-5-4-6-11-19)26(34)17-33(38(3,36)37)24-15-22(29)21(28)14-23(24)30/h4-12,14-15,25H,13,16-17H2,1-3H3,(H,31,35). The molecule has 1 atom stereocenters. The third-order valence-corrected chi connectivity index (χ3v) is 8.21. The van der Waals surface area contributed by atoms with Crippen LogP contribution in [0.3, 0.4) is 0 Å². The van der Waals surface area contributed by atoms with E-state index in [-0.39, 0.29) is 39.6 Å². The molecule has 3 aromatic carbocycles. The first-order valence-corrected chi connectivity index (χ1v) is 14.6. The summed E-state index contributed by atoms with van der Waals surface area (Å²) in [4.78, 5) is 28.5. The summed E-state index contributed by atoms with van der Waals surface area (Å²) in [5.74, 6) is -0.973. The topological polar surface area (TPSA) is 86.8 Å². The molecule has 0 spiro atoms. The highest BCUT2D eigenvalue weighted by molar-refractivity contribution is 7.92. The van der Waals surface area contributed by atoms with Gasteiger partial charge in [-0.1, -0.05) is 89.4 Å². The second kappa shape index (κ2) is 12.8. The van der Waals surface area contributed by atoms with Crippen LogP contribution in [0.1, 0.15) is 16.7 Å². The maximum atomic E-state index is 13.9. The minimum Gasteiger partial charge on any atom is -0.357 e. The van der Waals surface area contributed by atoms with Crippen LogP contribution >= 0.6 is 34.8 Å². The number of hydrogen-bond donors (Lipinski definition) is 1. The summed E-state index contributed by atoms with van der Waals surface area (Å²) >= 11 is 18.5. The van der Waals surface area contributed by atoms with Gasteiger partial charge < -0.3 is 10.2 Å². The molecule has 0 radical (unpaired) electrons. The van der Waals surface area contributed by atoms with Crippen molar-refractivity contribution in [3.05, 3.63) is 98.5 Å². The molecule has 0 aliphatic carbocycles. The highest BCUT2D eigenvalue weighted by Crippen LogP contribution is 2.35. The predicted octanol–water partition coefficient (Wildman–Crippen LogP) is 5.11. The molecule has 0 bridgehead atoms. The number of carbonyl (C=O) groups is 2. The number of hydrogen-bond acceptors (Lipinski definition) is 4. The van der Waals surface area contributed by atoms with Gasteiger partial charge in [0, 0.05) is 20.0 Å². The normalized spacial score (nSPS) is 12.1. The van der Waals surface area contributed by atoms with Crippen molar-refractivity contribution in [3.8, 4) is 0 Å². The number of likely N-dealkylation sites (N-methyl/N-ethyl adjacent to an activating group) is 1. The Kier molecular flexibility index (Phi) is 10.1. The number of aryl methyl sites for hydroxylation is 1. The smallest absolute Gasteiger partial charge is 0.244 e. The zero-order valence-electron chi connectivity index (χ0n) is 21.1. The Balaban J connectivity index is 2.08. The largest absolute Gasteiger partial charge is 0.357 e. The van der Waals surface area contributed by atoms with Crippen molar-refractivity contribution in [2.24, 2.45) is 0 Å². The number of rotatable bonds is 10. The van der Waals surface area contributed by atoms with Crippen LogP contribution in [0.25, 0.3) is 0 Å². The number of nitrogens with zero attached hydrogens (tertiary/aromatic N) is 2. The van der Waals surface area contributed by atoms with E-state index >= 15 is 0 Å². The van der Waals surface area contributed by atoms with Gasteiger partial charge in [0.1, 0.15) is 12.6 Å². The number of sulfonamides is 1. The molecule has 3 rings (SSSR count). The number of carbonyl (C=O) groups excluding carboxylic acids is 2. The molecular weight excluding hydrogens is 569 g/mol. The zero-order valence-corrected chi connectivity index (χ0v) is 24.2. The van der Waals surface area contributed by atoms with Gasteiger partial charge >= 0.3 is 0 Å². The highest BCUT2D eigenvalue weighted by atomic mass is 35.5. The van der Waals surface area contributed by atoms with Gasteiger partial charge in [-0.25, -0.2) is 8.42 Å². The lowest BCUT2D eigenvalue weighted by Gasteiger charge is -2.33. The molecule has 202 valence electrons. The van der Waals surface area contributed by atoms with Crippen LogP contribution in [0.4, 0.5) is 5.69 Å². The molecular formula is C27H28Cl3N3O4S. The monoisotopic (exact) mass is 595 g/mol. The number of nitrogens with one attached hydrogen (secondary N) is 1. The number of amides is 2. The van der Waals surface area contributed by atoms with Gasteiger partial charge in [0.15, 0.2) is 0 Å². The van der Waals surface area contributed by atoms with Crippen molar-refractivity contribution in [2.75, 3.05) is 24.2 Å². The quantitative estimate of drug-likeness (QED) is 0.330. The minimum atomic E-state index is -3.99. The lowest BCUT2D eigenvalue weighted by molar-refractivity contribution is -0.139. The van der Waals surface area contributed by atoms with E-state index in [2.05, 4.69) is 5.32 Å². The van der Waals surface area contributed by atoms with Crippen LogP contribution < -0.4 is 9.62 Å². The molecule has 0 fully saturated rings. The van der Waals surface area contributed by atoms with E-state index in [1.165, 1.54) is 24.1 Å². The molecule has 1 N–H and O–H groups in total. The van der Waals surface area contributed by atoms with Gasteiger partial charge in [-0.2, -0.15) is 0 Å². The summed E-state index contributed by atoms with van der Waals surface area (Å²) < 4.78 is 26.6. The van der Waals surface area contributed by atoms with Crippen molar-refractivity contribution in [1.29, 1.82) is 0 Å². The van der Waals surface area contributed by atoms with Crippen LogP contribution in [0.15, 0.2) is 66.7 Å². The summed E-state index contributed by atoms with van der Waals surface area (Å²) in [5.41, 5.74) is 2.60. The number of anilines is 1. The second-order valence-electron chi connectivity index (χ2n) is 8.76. The summed E-state index contributed by atoms with van der Waals surface area (Å²) in [6.07, 6.45) is 1.19. The van der Waals surface area contributed by atoms with Crippen molar-refractivity contribution >= 4 is 62.3 Å². The molecule has 2 amide bonds. The second-order valence-corrected chi connectivity index (χ2v) is 11.9. The molecule has 0 aliphatic rings. The number of halogens is 3. The molecule has 11 heteroatoms. The minimum absolute atomic E-state index is 0.00677. The van der Waals surface area contributed by atoms with Gasteiger partial charge in [0.05, 0.1) is 27.0 Å². The van der Waals surface area contributed by atoms with Crippen molar-refractivity contribution in [2.45, 2.75) is 25.9 Å². The maximum Gasteiger partial charge on any atom is 0.244 e. The van der Waals surface area contributed by atoms with Gasteiger partial charge in [-0.3, -0.25) is 13.9 Å². The fraction of sp³-hybridized carbons (Fsp3) is 0.259. The van der Waals surface area contributed by atoms with Gasteiger partial charge in [-0.05, 0) is 35.7 Å². The summed E-state index contributed by atoms with van der Waals surface area (Å²) in [6, 6.07) is 18.5. The van der Waals surface area contributed by atoms with Crippen LogP contribution in [0.2, 0.25) is 15.1 Å². The average molecular weight is 597 g/mol. The first-order chi connectivity index (χ1) is 17.9. The third kappa shape index (κ3) is 7.41. The molecule has 7 nitrogen and oxygen atoms in total. The van der Waals surface area contributed by atoms with E-state index in [0.29, 0.717) is 0 Å². The van der Waals surface area contributed by atoms with Crippen LogP contribution in [-0.4, -0.2) is 51.0 Å². The van der Waals surface area contributed by atoms with Crippen molar-refractivity contribution in [1.82, 2.24) is 10.2 Å². The SMILES string of the molecule is CNC(=O)C(Cc1ccccc1)N(Cc1ccccc1C)C(=O)CN(c1cc(Cl)c(Cl)cc1Cl)S(C)(=O)=O. The Morgan fingerprint density at radius 1 is 0.921 bits per heavy atom. The Labute approximate surface area is 238 Å². The van der Waals surface area contributed by atoms with Gasteiger partial charge in [0.2, 0.25) is 21.8 Å². The molecule has 0 aliphatic heterocycles.